The lowest BCUT2D eigenvalue weighted by atomic mass is 10.2. The second-order valence-corrected chi connectivity index (χ2v) is 4.77. The van der Waals surface area contributed by atoms with E-state index in [0.717, 1.165) is 36.6 Å². The normalized spacial score (nSPS) is 12.6. The summed E-state index contributed by atoms with van der Waals surface area (Å²) >= 11 is 0. The maximum atomic E-state index is 9.14. The van der Waals surface area contributed by atoms with E-state index in [1.54, 1.807) is 14.0 Å². The lowest BCUT2D eigenvalue weighted by Gasteiger charge is -2.11. The number of allylic oxidation sites excluding steroid dienone is 1. The van der Waals surface area contributed by atoms with Gasteiger partial charge in [0.05, 0.1) is 26.4 Å². The van der Waals surface area contributed by atoms with Crippen LogP contribution in [-0.2, 0) is 0 Å². The smallest absolute Gasteiger partial charge is 0.161 e. The number of aliphatic hydroxyl groups excluding tert-OH is 1. The van der Waals surface area contributed by atoms with E-state index in [2.05, 4.69) is 5.32 Å². The molecule has 0 radical (unpaired) electrons. The van der Waals surface area contributed by atoms with Crippen LogP contribution in [-0.4, -0.2) is 38.0 Å². The summed E-state index contributed by atoms with van der Waals surface area (Å²) in [5.41, 5.74) is 1.10. The highest BCUT2D eigenvalue weighted by molar-refractivity contribution is 5.55. The van der Waals surface area contributed by atoms with Crippen molar-refractivity contribution in [1.82, 2.24) is 0 Å². The molecule has 112 valence electrons. The maximum Gasteiger partial charge on any atom is 0.161 e. The van der Waals surface area contributed by atoms with Crippen molar-refractivity contribution in [2.45, 2.75) is 26.4 Å². The summed E-state index contributed by atoms with van der Waals surface area (Å²) in [6.45, 7) is 6.12. The molecule has 1 aromatic rings. The van der Waals surface area contributed by atoms with Crippen LogP contribution in [0.2, 0.25) is 0 Å². The van der Waals surface area contributed by atoms with Crippen LogP contribution < -0.4 is 14.8 Å². The van der Waals surface area contributed by atoms with Gasteiger partial charge in [-0.25, -0.2) is 0 Å². The Morgan fingerprint density at radius 1 is 1.35 bits per heavy atom. The first kappa shape index (κ1) is 16.5. The predicted molar refractivity (Wildman–Crippen MR) is 81.2 cm³/mol. The maximum absolute atomic E-state index is 9.14. The van der Waals surface area contributed by atoms with Gasteiger partial charge in [0, 0.05) is 6.42 Å². The minimum absolute atomic E-state index is 0.254. The molecular weight excluding hydrogens is 254 g/mol. The lowest BCUT2D eigenvalue weighted by molar-refractivity contribution is -0.660. The van der Waals surface area contributed by atoms with Crippen molar-refractivity contribution in [3.63, 3.8) is 0 Å². The molecule has 0 fully saturated rings. The number of quaternary nitrogens is 1. The number of aliphatic hydroxyl groups is 1. The Hall–Kier alpha value is -1.52. The van der Waals surface area contributed by atoms with Gasteiger partial charge < -0.3 is 19.9 Å². The summed E-state index contributed by atoms with van der Waals surface area (Å²) in [6, 6.07) is 5.92. The standard InChI is InChI=1S/C16H25NO3/c1-4-6-14-7-8-15(16(11-14)19-3)20-10-5-9-17-12-13(2)18/h4,6-8,11,13,17-18H,5,9-10,12H2,1-3H3/p+1/b6-4+/t13-/m0/s1. The molecule has 0 saturated heterocycles. The molecule has 1 atom stereocenters. The third kappa shape index (κ3) is 6.08. The first-order valence-corrected chi connectivity index (χ1v) is 7.10. The summed E-state index contributed by atoms with van der Waals surface area (Å²) in [5, 5.41) is 11.2. The molecule has 0 aliphatic carbocycles. The highest BCUT2D eigenvalue weighted by atomic mass is 16.5. The topological polar surface area (TPSA) is 55.3 Å². The average molecular weight is 280 g/mol. The Balaban J connectivity index is 2.39. The van der Waals surface area contributed by atoms with Crippen LogP contribution >= 0.6 is 0 Å². The Labute approximate surface area is 121 Å². The molecule has 0 saturated carbocycles. The van der Waals surface area contributed by atoms with Crippen molar-refractivity contribution in [2.75, 3.05) is 26.8 Å². The van der Waals surface area contributed by atoms with Gasteiger partial charge in [-0.3, -0.25) is 0 Å². The molecule has 3 N–H and O–H groups in total. The highest BCUT2D eigenvalue weighted by Gasteiger charge is 2.05. The van der Waals surface area contributed by atoms with Gasteiger partial charge in [0.1, 0.15) is 6.54 Å². The van der Waals surface area contributed by atoms with Crippen LogP contribution in [0.15, 0.2) is 24.3 Å². The second-order valence-electron chi connectivity index (χ2n) is 4.77. The van der Waals surface area contributed by atoms with E-state index in [4.69, 9.17) is 14.6 Å². The number of ether oxygens (including phenoxy) is 2. The molecular formula is C16H26NO3+. The van der Waals surface area contributed by atoms with Gasteiger partial charge in [0.2, 0.25) is 0 Å². The fourth-order valence-electron chi connectivity index (χ4n) is 1.87. The molecule has 1 rings (SSSR count). The summed E-state index contributed by atoms with van der Waals surface area (Å²) in [5.74, 6) is 1.53. The minimum Gasteiger partial charge on any atom is -0.493 e. The highest BCUT2D eigenvalue weighted by Crippen LogP contribution is 2.28. The van der Waals surface area contributed by atoms with Gasteiger partial charge in [-0.15, -0.1) is 0 Å². The molecule has 0 bridgehead atoms. The van der Waals surface area contributed by atoms with Gasteiger partial charge in [-0.1, -0.05) is 18.2 Å². The van der Waals surface area contributed by atoms with Gasteiger partial charge in [0.25, 0.3) is 0 Å². The van der Waals surface area contributed by atoms with Crippen LogP contribution in [0, 0.1) is 0 Å². The van der Waals surface area contributed by atoms with E-state index in [-0.39, 0.29) is 6.10 Å². The SMILES string of the molecule is C/C=C/c1ccc(OCCC[NH2+]C[C@H](C)O)c(OC)c1. The van der Waals surface area contributed by atoms with Crippen molar-refractivity contribution in [1.29, 1.82) is 0 Å². The summed E-state index contributed by atoms with van der Waals surface area (Å²) in [7, 11) is 1.65. The molecule has 4 heteroatoms. The van der Waals surface area contributed by atoms with Gasteiger partial charge >= 0.3 is 0 Å². The summed E-state index contributed by atoms with van der Waals surface area (Å²) in [6.07, 6.45) is 4.70. The molecule has 0 heterocycles. The predicted octanol–water partition coefficient (Wildman–Crippen LogP) is 1.44. The number of methoxy groups -OCH3 is 1. The Morgan fingerprint density at radius 2 is 2.15 bits per heavy atom. The van der Waals surface area contributed by atoms with E-state index >= 15 is 0 Å². The van der Waals surface area contributed by atoms with E-state index < -0.39 is 0 Å². The fourth-order valence-corrected chi connectivity index (χ4v) is 1.87. The zero-order chi connectivity index (χ0) is 14.8. The van der Waals surface area contributed by atoms with Crippen LogP contribution in [0.3, 0.4) is 0 Å². The minimum atomic E-state index is -0.254. The molecule has 0 aliphatic heterocycles. The van der Waals surface area contributed by atoms with Crippen LogP contribution in [0.4, 0.5) is 0 Å². The second kappa shape index (κ2) is 9.39. The molecule has 1 aromatic carbocycles. The van der Waals surface area contributed by atoms with E-state index in [9.17, 15) is 0 Å². The monoisotopic (exact) mass is 280 g/mol. The fraction of sp³-hybridized carbons (Fsp3) is 0.500. The van der Waals surface area contributed by atoms with Crippen molar-refractivity contribution < 1.29 is 19.9 Å². The largest absolute Gasteiger partial charge is 0.493 e. The zero-order valence-electron chi connectivity index (χ0n) is 12.6. The first-order chi connectivity index (χ1) is 9.67. The average Bonchev–Trinajstić information content (AvgIpc) is 2.43. The third-order valence-electron chi connectivity index (χ3n) is 2.86. The van der Waals surface area contributed by atoms with Crippen molar-refractivity contribution in [2.24, 2.45) is 0 Å². The van der Waals surface area contributed by atoms with Crippen LogP contribution in [0.25, 0.3) is 6.08 Å². The third-order valence-corrected chi connectivity index (χ3v) is 2.86. The summed E-state index contributed by atoms with van der Waals surface area (Å²) < 4.78 is 11.1. The molecule has 0 unspecified atom stereocenters. The number of nitrogens with two attached hydrogens (primary N) is 1. The molecule has 0 aromatic heterocycles. The Morgan fingerprint density at radius 3 is 2.80 bits per heavy atom. The van der Waals surface area contributed by atoms with E-state index in [1.165, 1.54) is 0 Å². The van der Waals surface area contributed by atoms with E-state index in [1.807, 2.05) is 37.3 Å². The van der Waals surface area contributed by atoms with Crippen molar-refractivity contribution in [3.05, 3.63) is 29.8 Å². The Kier molecular flexibility index (Phi) is 7.77. The number of benzene rings is 1. The quantitative estimate of drug-likeness (QED) is 0.673. The van der Waals surface area contributed by atoms with Gasteiger partial charge in [-0.2, -0.15) is 0 Å². The van der Waals surface area contributed by atoms with Crippen LogP contribution in [0.5, 0.6) is 11.5 Å². The van der Waals surface area contributed by atoms with Gasteiger partial charge in [-0.05, 0) is 31.5 Å². The first-order valence-electron chi connectivity index (χ1n) is 7.10. The Bertz CT molecular complexity index is 416. The number of hydrogen-bond acceptors (Lipinski definition) is 3. The molecule has 0 spiro atoms. The molecule has 4 nitrogen and oxygen atoms in total. The molecule has 20 heavy (non-hydrogen) atoms. The van der Waals surface area contributed by atoms with Crippen LogP contribution in [0.1, 0.15) is 25.8 Å². The zero-order valence-corrected chi connectivity index (χ0v) is 12.6. The number of rotatable bonds is 9. The summed E-state index contributed by atoms with van der Waals surface area (Å²) in [4.78, 5) is 0. The molecule has 0 amide bonds. The molecule has 0 aliphatic rings. The van der Waals surface area contributed by atoms with E-state index in [0.29, 0.717) is 6.61 Å². The van der Waals surface area contributed by atoms with Crippen molar-refractivity contribution in [3.8, 4) is 11.5 Å². The van der Waals surface area contributed by atoms with Gasteiger partial charge in [0.15, 0.2) is 11.5 Å². The lowest BCUT2D eigenvalue weighted by Crippen LogP contribution is -2.86. The van der Waals surface area contributed by atoms with Crippen molar-refractivity contribution >= 4 is 6.08 Å². The number of hydrogen-bond donors (Lipinski definition) is 2.